The molecule has 3 rings (SSSR count). The maximum atomic E-state index is 5.28. The van der Waals surface area contributed by atoms with E-state index in [4.69, 9.17) is 9.73 Å². The Hall–Kier alpha value is -2.29. The SMILES string of the molecule is CCNC(=NCc1ccn(C)c1)N1CCN(c2ncc(Br)c(OC)n2)CC1. The predicted octanol–water partition coefficient (Wildman–Crippen LogP) is 1.87. The maximum Gasteiger partial charge on any atom is 0.232 e. The number of halogens is 1. The number of piperazine rings is 1. The molecule has 1 fully saturated rings. The molecule has 2 aromatic rings. The second kappa shape index (κ2) is 9.07. The Morgan fingerprint density at radius 2 is 2.11 bits per heavy atom. The van der Waals surface area contributed by atoms with Gasteiger partial charge in [0.1, 0.15) is 0 Å². The van der Waals surface area contributed by atoms with Crippen LogP contribution in [0.25, 0.3) is 0 Å². The average molecular weight is 436 g/mol. The number of aromatic nitrogens is 3. The highest BCUT2D eigenvalue weighted by atomic mass is 79.9. The first-order valence-electron chi connectivity index (χ1n) is 9.06. The van der Waals surface area contributed by atoms with Gasteiger partial charge in [0.05, 0.1) is 24.3 Å². The van der Waals surface area contributed by atoms with Gasteiger partial charge in [-0.25, -0.2) is 9.98 Å². The third-order valence-electron chi connectivity index (χ3n) is 4.39. The summed E-state index contributed by atoms with van der Waals surface area (Å²) in [7, 11) is 3.64. The smallest absolute Gasteiger partial charge is 0.232 e. The van der Waals surface area contributed by atoms with Crippen molar-refractivity contribution in [3.05, 3.63) is 34.7 Å². The fourth-order valence-electron chi connectivity index (χ4n) is 3.00. The first-order chi connectivity index (χ1) is 13.1. The maximum absolute atomic E-state index is 5.28. The molecule has 0 aromatic carbocycles. The van der Waals surface area contributed by atoms with Crippen LogP contribution in [-0.2, 0) is 13.6 Å². The second-order valence-electron chi connectivity index (χ2n) is 6.36. The van der Waals surface area contributed by atoms with Crippen molar-refractivity contribution < 1.29 is 4.74 Å². The van der Waals surface area contributed by atoms with E-state index in [1.165, 1.54) is 5.56 Å². The van der Waals surface area contributed by atoms with Gasteiger partial charge in [-0.2, -0.15) is 4.98 Å². The molecule has 1 aliphatic rings. The highest BCUT2D eigenvalue weighted by Gasteiger charge is 2.22. The van der Waals surface area contributed by atoms with E-state index in [1.807, 2.05) is 17.8 Å². The zero-order valence-corrected chi connectivity index (χ0v) is 17.6. The molecule has 27 heavy (non-hydrogen) atoms. The molecule has 0 saturated carbocycles. The number of methoxy groups -OCH3 is 1. The predicted molar refractivity (Wildman–Crippen MR) is 110 cm³/mol. The van der Waals surface area contributed by atoms with Gasteiger partial charge in [0.25, 0.3) is 0 Å². The monoisotopic (exact) mass is 435 g/mol. The van der Waals surface area contributed by atoms with E-state index in [-0.39, 0.29) is 0 Å². The summed E-state index contributed by atoms with van der Waals surface area (Å²) in [4.78, 5) is 18.2. The number of hydrogen-bond acceptors (Lipinski definition) is 5. The minimum absolute atomic E-state index is 0.556. The van der Waals surface area contributed by atoms with Crippen molar-refractivity contribution in [2.24, 2.45) is 12.0 Å². The van der Waals surface area contributed by atoms with Crippen LogP contribution in [-0.4, -0.2) is 65.2 Å². The van der Waals surface area contributed by atoms with Crippen molar-refractivity contribution in [3.8, 4) is 5.88 Å². The molecule has 0 unspecified atom stereocenters. The highest BCUT2D eigenvalue weighted by molar-refractivity contribution is 9.10. The van der Waals surface area contributed by atoms with Crippen LogP contribution >= 0.6 is 15.9 Å². The molecule has 0 amide bonds. The summed E-state index contributed by atoms with van der Waals surface area (Å²) in [6.07, 6.45) is 5.88. The summed E-state index contributed by atoms with van der Waals surface area (Å²) in [5, 5.41) is 3.40. The van der Waals surface area contributed by atoms with Crippen LogP contribution in [0.15, 0.2) is 34.1 Å². The van der Waals surface area contributed by atoms with Crippen LogP contribution in [0, 0.1) is 0 Å². The first-order valence-corrected chi connectivity index (χ1v) is 9.85. The van der Waals surface area contributed by atoms with Gasteiger partial charge < -0.3 is 24.4 Å². The Morgan fingerprint density at radius 1 is 1.33 bits per heavy atom. The normalized spacial score (nSPS) is 15.2. The number of aliphatic imine (C=N–C) groups is 1. The lowest BCUT2D eigenvalue weighted by molar-refractivity contribution is 0.366. The van der Waals surface area contributed by atoms with Crippen LogP contribution in [0.1, 0.15) is 12.5 Å². The summed E-state index contributed by atoms with van der Waals surface area (Å²) >= 11 is 3.40. The molecule has 1 N–H and O–H groups in total. The molecule has 8 nitrogen and oxygen atoms in total. The lowest BCUT2D eigenvalue weighted by Gasteiger charge is -2.36. The zero-order chi connectivity index (χ0) is 19.2. The molecule has 1 saturated heterocycles. The van der Waals surface area contributed by atoms with E-state index >= 15 is 0 Å². The van der Waals surface area contributed by atoms with Crippen molar-refractivity contribution >= 4 is 27.8 Å². The largest absolute Gasteiger partial charge is 0.480 e. The van der Waals surface area contributed by atoms with Crippen LogP contribution in [0.5, 0.6) is 5.88 Å². The lowest BCUT2D eigenvalue weighted by atomic mass is 10.3. The molecule has 9 heteroatoms. The van der Waals surface area contributed by atoms with Crippen LogP contribution in [0.4, 0.5) is 5.95 Å². The summed E-state index contributed by atoms with van der Waals surface area (Å²) in [5.41, 5.74) is 1.21. The second-order valence-corrected chi connectivity index (χ2v) is 7.21. The zero-order valence-electron chi connectivity index (χ0n) is 16.0. The number of anilines is 1. The third kappa shape index (κ3) is 4.91. The number of rotatable bonds is 5. The summed E-state index contributed by atoms with van der Waals surface area (Å²) in [6, 6.07) is 2.10. The number of hydrogen-bond donors (Lipinski definition) is 1. The molecule has 0 bridgehead atoms. The van der Waals surface area contributed by atoms with Gasteiger partial charge in [-0.05, 0) is 34.5 Å². The van der Waals surface area contributed by atoms with E-state index in [1.54, 1.807) is 13.3 Å². The number of guanidine groups is 1. The molecule has 0 spiro atoms. The third-order valence-corrected chi connectivity index (χ3v) is 4.94. The molecule has 2 aromatic heterocycles. The number of nitrogens with zero attached hydrogens (tertiary/aromatic N) is 6. The van der Waals surface area contributed by atoms with Crippen molar-refractivity contribution in [2.45, 2.75) is 13.5 Å². The van der Waals surface area contributed by atoms with E-state index < -0.39 is 0 Å². The molecule has 3 heterocycles. The molecule has 146 valence electrons. The highest BCUT2D eigenvalue weighted by Crippen LogP contribution is 2.23. The average Bonchev–Trinajstić information content (AvgIpc) is 3.11. The van der Waals surface area contributed by atoms with E-state index in [9.17, 15) is 0 Å². The van der Waals surface area contributed by atoms with Crippen LogP contribution in [0.3, 0.4) is 0 Å². The molecule has 0 atom stereocenters. The van der Waals surface area contributed by atoms with Gasteiger partial charge in [-0.1, -0.05) is 0 Å². The summed E-state index contributed by atoms with van der Waals surface area (Å²) in [6.45, 7) is 7.01. The molecular weight excluding hydrogens is 410 g/mol. The standard InChI is InChI=1S/C18H26BrN7O/c1-4-20-17(21-11-14-5-6-24(2)13-14)25-7-9-26(10-8-25)18-22-12-15(19)16(23-18)27-3/h5-6,12-13H,4,7-11H2,1-3H3,(H,20,21). The van der Waals surface area contributed by atoms with Gasteiger partial charge >= 0.3 is 0 Å². The first kappa shape index (κ1) is 19.5. The Balaban J connectivity index is 1.63. The van der Waals surface area contributed by atoms with E-state index in [2.05, 4.69) is 60.2 Å². The fourth-order valence-corrected chi connectivity index (χ4v) is 3.36. The van der Waals surface area contributed by atoms with Crippen molar-refractivity contribution in [1.29, 1.82) is 0 Å². The Kier molecular flexibility index (Phi) is 6.54. The Labute approximate surface area is 168 Å². The summed E-state index contributed by atoms with van der Waals surface area (Å²) < 4.78 is 8.08. The molecule has 0 radical (unpaired) electrons. The van der Waals surface area contributed by atoms with Crippen molar-refractivity contribution in [1.82, 2.24) is 24.8 Å². The Bertz CT molecular complexity index is 784. The van der Waals surface area contributed by atoms with Gasteiger partial charge in [0, 0.05) is 52.2 Å². The number of nitrogens with one attached hydrogen (secondary N) is 1. The molecule has 1 aliphatic heterocycles. The molecule has 0 aliphatic carbocycles. The number of aryl methyl sites for hydroxylation is 1. The van der Waals surface area contributed by atoms with Gasteiger partial charge in [-0.15, -0.1) is 0 Å². The lowest BCUT2D eigenvalue weighted by Crippen LogP contribution is -2.53. The minimum Gasteiger partial charge on any atom is -0.480 e. The summed E-state index contributed by atoms with van der Waals surface area (Å²) in [5.74, 6) is 2.21. The number of ether oxygens (including phenoxy) is 1. The van der Waals surface area contributed by atoms with Crippen LogP contribution < -0.4 is 15.0 Å². The van der Waals surface area contributed by atoms with Crippen LogP contribution in [0.2, 0.25) is 0 Å². The van der Waals surface area contributed by atoms with E-state index in [0.717, 1.165) is 43.2 Å². The van der Waals surface area contributed by atoms with E-state index in [0.29, 0.717) is 18.4 Å². The quantitative estimate of drug-likeness (QED) is 0.570. The van der Waals surface area contributed by atoms with Gasteiger partial charge in [-0.3, -0.25) is 0 Å². The van der Waals surface area contributed by atoms with Crippen molar-refractivity contribution in [3.63, 3.8) is 0 Å². The fraction of sp³-hybridized carbons (Fsp3) is 0.500. The minimum atomic E-state index is 0.556. The van der Waals surface area contributed by atoms with Gasteiger partial charge in [0.2, 0.25) is 11.8 Å². The van der Waals surface area contributed by atoms with Gasteiger partial charge in [0.15, 0.2) is 5.96 Å². The van der Waals surface area contributed by atoms with Crippen molar-refractivity contribution in [2.75, 3.05) is 44.7 Å². The Morgan fingerprint density at radius 3 is 2.74 bits per heavy atom. The molecular formula is C18H26BrN7O. The topological polar surface area (TPSA) is 70.8 Å².